The van der Waals surface area contributed by atoms with Crippen molar-refractivity contribution in [2.75, 3.05) is 5.32 Å². The zero-order chi connectivity index (χ0) is 20.8. The molecule has 2 aromatic carbocycles. The van der Waals surface area contributed by atoms with E-state index in [-0.39, 0.29) is 12.4 Å². The largest absolute Gasteiger partial charge is 0.487 e. The van der Waals surface area contributed by atoms with E-state index in [2.05, 4.69) is 44.5 Å². The monoisotopic (exact) mass is 521 g/mol. The van der Waals surface area contributed by atoms with Gasteiger partial charge in [0.25, 0.3) is 0 Å². The molecule has 148 valence electrons. The molecule has 1 N–H and O–H groups in total. The molecule has 0 aliphatic heterocycles. The van der Waals surface area contributed by atoms with Crippen molar-refractivity contribution in [2.45, 2.75) is 13.5 Å². The van der Waals surface area contributed by atoms with E-state index < -0.39 is 0 Å². The van der Waals surface area contributed by atoms with Gasteiger partial charge in [-0.3, -0.25) is 0 Å². The summed E-state index contributed by atoms with van der Waals surface area (Å²) in [7, 11) is 0. The number of hydrogen-bond acceptors (Lipinski definition) is 4. The zero-order valence-corrected chi connectivity index (χ0v) is 18.5. The minimum Gasteiger partial charge on any atom is -0.487 e. The summed E-state index contributed by atoms with van der Waals surface area (Å²) in [6.45, 7) is 6.01. The Hall–Kier alpha value is -2.45. The Bertz CT molecular complexity index is 1070. The predicted octanol–water partition coefficient (Wildman–Crippen LogP) is 6.86. The molecule has 3 aromatic rings. The van der Waals surface area contributed by atoms with Crippen LogP contribution in [0.3, 0.4) is 0 Å². The van der Waals surface area contributed by atoms with E-state index >= 15 is 0 Å². The number of halogens is 3. The summed E-state index contributed by atoms with van der Waals surface area (Å²) < 4.78 is 19.9. The van der Waals surface area contributed by atoms with Crippen molar-refractivity contribution in [3.05, 3.63) is 92.7 Å². The Kier molecular flexibility index (Phi) is 7.22. The minimum absolute atomic E-state index is 0.229. The predicted molar refractivity (Wildman–Crippen MR) is 124 cm³/mol. The number of rotatable bonds is 7. The maximum Gasteiger partial charge on any atom is 0.138 e. The lowest BCUT2D eigenvalue weighted by Crippen LogP contribution is -2.01. The number of anilines is 2. The van der Waals surface area contributed by atoms with Crippen molar-refractivity contribution in [3.63, 3.8) is 0 Å². The Morgan fingerprint density at radius 1 is 1.28 bits per heavy atom. The number of aromatic nitrogens is 2. The third kappa shape index (κ3) is 6.01. The standard InChI is InChI=1S/C22H18ClFIN3O/c1-14(25)6-8-20-15(2)22(27-13-26-20)28-18-7-9-21(19(23)11-18)29-12-16-4-3-5-17(24)10-16/h3-11,13H,1,12H2,2H3,(H,26,27,28)/b8-6-. The quantitative estimate of drug-likeness (QED) is 0.272. The van der Waals surface area contributed by atoms with Crippen molar-refractivity contribution in [1.82, 2.24) is 9.97 Å². The smallest absolute Gasteiger partial charge is 0.138 e. The second-order valence-corrected chi connectivity index (χ2v) is 7.99. The average molecular weight is 522 g/mol. The Morgan fingerprint density at radius 2 is 2.10 bits per heavy atom. The second kappa shape index (κ2) is 9.84. The van der Waals surface area contributed by atoms with Crippen LogP contribution in [0, 0.1) is 12.7 Å². The van der Waals surface area contributed by atoms with Crippen LogP contribution in [-0.4, -0.2) is 9.97 Å². The molecule has 1 aromatic heterocycles. The summed E-state index contributed by atoms with van der Waals surface area (Å²) >= 11 is 8.50. The molecule has 0 aliphatic carbocycles. The van der Waals surface area contributed by atoms with E-state index in [1.54, 1.807) is 24.3 Å². The van der Waals surface area contributed by atoms with Gasteiger partial charge in [-0.2, -0.15) is 0 Å². The lowest BCUT2D eigenvalue weighted by atomic mass is 10.2. The number of nitrogens with zero attached hydrogens (tertiary/aromatic N) is 2. The highest BCUT2D eigenvalue weighted by atomic mass is 127. The summed E-state index contributed by atoms with van der Waals surface area (Å²) in [6, 6.07) is 11.6. The Labute approximate surface area is 187 Å². The van der Waals surface area contributed by atoms with Gasteiger partial charge in [-0.25, -0.2) is 14.4 Å². The number of nitrogens with one attached hydrogen (secondary N) is 1. The van der Waals surface area contributed by atoms with Crippen LogP contribution >= 0.6 is 34.2 Å². The van der Waals surface area contributed by atoms with Crippen LogP contribution in [0.2, 0.25) is 5.02 Å². The molecule has 0 radical (unpaired) electrons. The average Bonchev–Trinajstić information content (AvgIpc) is 2.68. The summed E-state index contributed by atoms with van der Waals surface area (Å²) in [5.41, 5.74) is 3.21. The van der Waals surface area contributed by atoms with Gasteiger partial charge in [-0.1, -0.05) is 30.3 Å². The molecule has 0 unspecified atom stereocenters. The maximum atomic E-state index is 13.3. The second-order valence-electron chi connectivity index (χ2n) is 6.20. The van der Waals surface area contributed by atoms with Crippen LogP contribution < -0.4 is 10.1 Å². The van der Waals surface area contributed by atoms with Crippen LogP contribution in [0.25, 0.3) is 6.08 Å². The van der Waals surface area contributed by atoms with E-state index in [4.69, 9.17) is 16.3 Å². The first-order valence-electron chi connectivity index (χ1n) is 8.70. The number of hydrogen-bond donors (Lipinski definition) is 1. The van der Waals surface area contributed by atoms with Crippen LogP contribution in [0.15, 0.2) is 65.0 Å². The van der Waals surface area contributed by atoms with E-state index in [9.17, 15) is 4.39 Å². The summed E-state index contributed by atoms with van der Waals surface area (Å²) in [4.78, 5) is 8.60. The lowest BCUT2D eigenvalue weighted by Gasteiger charge is -2.12. The van der Waals surface area contributed by atoms with E-state index in [0.29, 0.717) is 16.6 Å². The topological polar surface area (TPSA) is 47.0 Å². The van der Waals surface area contributed by atoms with Gasteiger partial charge in [0.15, 0.2) is 0 Å². The summed E-state index contributed by atoms with van der Waals surface area (Å²) in [5.74, 6) is 0.905. The molecule has 4 nitrogen and oxygen atoms in total. The molecule has 0 bridgehead atoms. The molecule has 0 atom stereocenters. The first-order valence-corrected chi connectivity index (χ1v) is 10.2. The lowest BCUT2D eigenvalue weighted by molar-refractivity contribution is 0.306. The first kappa shape index (κ1) is 21.3. The van der Waals surface area contributed by atoms with E-state index in [1.165, 1.54) is 18.5 Å². The van der Waals surface area contributed by atoms with Gasteiger partial charge in [0.1, 0.15) is 30.3 Å². The van der Waals surface area contributed by atoms with Gasteiger partial charge in [0.05, 0.1) is 10.7 Å². The fourth-order valence-electron chi connectivity index (χ4n) is 2.55. The normalized spacial score (nSPS) is 10.9. The number of benzene rings is 2. The van der Waals surface area contributed by atoms with Crippen LogP contribution in [0.5, 0.6) is 5.75 Å². The summed E-state index contributed by atoms with van der Waals surface area (Å²) in [6.07, 6.45) is 5.29. The van der Waals surface area contributed by atoms with Gasteiger partial charge in [-0.15, -0.1) is 0 Å². The molecule has 3 rings (SSSR count). The Balaban J connectivity index is 1.72. The molecule has 0 amide bonds. The molecule has 0 saturated carbocycles. The zero-order valence-electron chi connectivity index (χ0n) is 15.6. The van der Waals surface area contributed by atoms with Crippen molar-refractivity contribution in [2.24, 2.45) is 0 Å². The van der Waals surface area contributed by atoms with Gasteiger partial charge in [-0.05, 0) is 77.6 Å². The molecule has 1 heterocycles. The van der Waals surface area contributed by atoms with Gasteiger partial charge < -0.3 is 10.1 Å². The van der Waals surface area contributed by atoms with Crippen LogP contribution in [-0.2, 0) is 6.61 Å². The first-order chi connectivity index (χ1) is 13.9. The number of ether oxygens (including phenoxy) is 1. The van der Waals surface area contributed by atoms with Crippen molar-refractivity contribution in [1.29, 1.82) is 0 Å². The van der Waals surface area contributed by atoms with Gasteiger partial charge in [0.2, 0.25) is 0 Å². The molecule has 0 spiro atoms. The molecular weight excluding hydrogens is 504 g/mol. The highest BCUT2D eigenvalue weighted by Crippen LogP contribution is 2.30. The van der Waals surface area contributed by atoms with E-state index in [1.807, 2.05) is 25.1 Å². The molecule has 0 aliphatic rings. The summed E-state index contributed by atoms with van der Waals surface area (Å²) in [5, 5.41) is 3.69. The molecule has 0 saturated heterocycles. The van der Waals surface area contributed by atoms with Crippen LogP contribution in [0.1, 0.15) is 16.8 Å². The van der Waals surface area contributed by atoms with Gasteiger partial charge in [0, 0.05) is 14.8 Å². The molecule has 29 heavy (non-hydrogen) atoms. The molecule has 7 heteroatoms. The molecule has 0 fully saturated rings. The minimum atomic E-state index is -0.297. The van der Waals surface area contributed by atoms with Crippen molar-refractivity contribution < 1.29 is 9.13 Å². The Morgan fingerprint density at radius 3 is 2.83 bits per heavy atom. The van der Waals surface area contributed by atoms with Gasteiger partial charge >= 0.3 is 0 Å². The molecular formula is C22H18ClFIN3O. The fraction of sp³-hybridized carbons (Fsp3) is 0.0909. The maximum absolute atomic E-state index is 13.3. The fourth-order valence-corrected chi connectivity index (χ4v) is 2.96. The third-order valence-corrected chi connectivity index (χ3v) is 4.68. The third-order valence-electron chi connectivity index (χ3n) is 4.02. The van der Waals surface area contributed by atoms with Crippen molar-refractivity contribution >= 4 is 51.8 Å². The van der Waals surface area contributed by atoms with Crippen LogP contribution in [0.4, 0.5) is 15.9 Å². The highest BCUT2D eigenvalue weighted by Gasteiger charge is 2.08. The SMILES string of the molecule is C=C(I)/C=C\c1ncnc(Nc2ccc(OCc3cccc(F)c3)c(Cl)c2)c1C. The number of allylic oxidation sites excluding steroid dienone is 2. The highest BCUT2D eigenvalue weighted by molar-refractivity contribution is 14.1. The van der Waals surface area contributed by atoms with Crippen molar-refractivity contribution in [3.8, 4) is 5.75 Å². The van der Waals surface area contributed by atoms with E-state index in [0.717, 1.165) is 26.1 Å².